The molecule has 0 spiro atoms. The number of nitrogens with zero attached hydrogens (tertiary/aromatic N) is 4. The molecule has 1 aliphatic heterocycles. The Bertz CT molecular complexity index is 1310. The number of nitrogens with one attached hydrogen (secondary N) is 1. The first-order chi connectivity index (χ1) is 15.2. The second-order valence-corrected chi connectivity index (χ2v) is 8.59. The summed E-state index contributed by atoms with van der Waals surface area (Å²) in [6.45, 7) is 0.708. The van der Waals surface area contributed by atoms with E-state index < -0.39 is 0 Å². The summed E-state index contributed by atoms with van der Waals surface area (Å²) < 4.78 is 1.80. The molecule has 0 fully saturated rings. The van der Waals surface area contributed by atoms with Crippen LogP contribution in [0.2, 0.25) is 0 Å². The van der Waals surface area contributed by atoms with E-state index in [9.17, 15) is 9.59 Å². The lowest BCUT2D eigenvalue weighted by Gasteiger charge is -2.16. The number of amides is 1. The fraction of sp³-hybridized carbons (Fsp3) is 0.261. The Balaban J connectivity index is 1.42. The quantitative estimate of drug-likeness (QED) is 0.523. The maximum atomic E-state index is 13.0. The zero-order valence-corrected chi connectivity index (χ0v) is 17.7. The van der Waals surface area contributed by atoms with E-state index in [1.165, 1.54) is 11.3 Å². The number of carbonyl (C=O) groups is 1. The van der Waals surface area contributed by atoms with Crippen molar-refractivity contribution in [3.8, 4) is 10.6 Å². The molecular weight excluding hydrogens is 410 g/mol. The van der Waals surface area contributed by atoms with E-state index in [4.69, 9.17) is 4.98 Å². The minimum Gasteiger partial charge on any atom is -0.296 e. The first-order valence-electron chi connectivity index (χ1n) is 10.4. The van der Waals surface area contributed by atoms with E-state index >= 15 is 0 Å². The molecule has 0 bridgehead atoms. The van der Waals surface area contributed by atoms with Crippen molar-refractivity contribution >= 4 is 33.3 Å². The van der Waals surface area contributed by atoms with Crippen LogP contribution in [0.5, 0.6) is 0 Å². The van der Waals surface area contributed by atoms with Gasteiger partial charge in [0.15, 0.2) is 0 Å². The van der Waals surface area contributed by atoms with Gasteiger partial charge in [-0.3, -0.25) is 19.5 Å². The van der Waals surface area contributed by atoms with Crippen LogP contribution in [0, 0.1) is 0 Å². The van der Waals surface area contributed by atoms with Gasteiger partial charge >= 0.3 is 0 Å². The van der Waals surface area contributed by atoms with Crippen molar-refractivity contribution in [2.24, 2.45) is 0 Å². The Morgan fingerprint density at radius 2 is 1.84 bits per heavy atom. The number of carbonyl (C=O) groups excluding carboxylic acids is 1. The lowest BCUT2D eigenvalue weighted by atomic mass is 10.1. The standard InChI is InChI=1S/C23H21N5O2S/c29-20(25-23-27-26-21(31-23)15-8-4-3-5-9-15)16-11-12-17-18(14-16)24-19-10-6-1-2-7-13-28(19)22(17)30/h3-5,8-9,11-12,14H,1-2,6-7,10,13H2,(H,25,27,29). The second-order valence-electron chi connectivity index (χ2n) is 7.61. The van der Waals surface area contributed by atoms with Crippen LogP contribution < -0.4 is 10.9 Å². The molecule has 0 saturated heterocycles. The Hall–Kier alpha value is -3.39. The van der Waals surface area contributed by atoms with Crippen LogP contribution in [0.25, 0.3) is 21.5 Å². The summed E-state index contributed by atoms with van der Waals surface area (Å²) in [7, 11) is 0. The molecule has 4 aromatic rings. The highest BCUT2D eigenvalue weighted by atomic mass is 32.1. The van der Waals surface area contributed by atoms with E-state index in [2.05, 4.69) is 15.5 Å². The summed E-state index contributed by atoms with van der Waals surface area (Å²) in [6, 6.07) is 14.7. The van der Waals surface area contributed by atoms with Crippen molar-refractivity contribution in [3.05, 3.63) is 70.3 Å². The molecule has 7 nitrogen and oxygen atoms in total. The maximum Gasteiger partial charge on any atom is 0.261 e. The molecular formula is C23H21N5O2S. The molecule has 1 aliphatic rings. The smallest absolute Gasteiger partial charge is 0.261 e. The van der Waals surface area contributed by atoms with Crippen molar-refractivity contribution < 1.29 is 4.79 Å². The van der Waals surface area contributed by atoms with Crippen molar-refractivity contribution in [2.75, 3.05) is 5.32 Å². The zero-order valence-electron chi connectivity index (χ0n) is 16.9. The van der Waals surface area contributed by atoms with Crippen molar-refractivity contribution in [2.45, 2.75) is 38.6 Å². The molecule has 2 aromatic heterocycles. The predicted molar refractivity (Wildman–Crippen MR) is 121 cm³/mol. The number of rotatable bonds is 3. The fourth-order valence-electron chi connectivity index (χ4n) is 3.88. The molecule has 0 saturated carbocycles. The number of aromatic nitrogens is 4. The Labute approximate surface area is 182 Å². The van der Waals surface area contributed by atoms with Crippen molar-refractivity contribution in [1.29, 1.82) is 0 Å². The molecule has 156 valence electrons. The predicted octanol–water partition coefficient (Wildman–Crippen LogP) is 4.28. The molecule has 0 unspecified atom stereocenters. The SMILES string of the molecule is O=C(Nc1nnc(-c2ccccc2)s1)c1ccc2c(=O)n3c(nc2c1)CCCCCC3. The van der Waals surface area contributed by atoms with Crippen LogP contribution in [-0.2, 0) is 13.0 Å². The topological polar surface area (TPSA) is 89.8 Å². The highest BCUT2D eigenvalue weighted by molar-refractivity contribution is 7.18. The second kappa shape index (κ2) is 8.39. The van der Waals surface area contributed by atoms with Crippen LogP contribution >= 0.6 is 11.3 Å². The maximum absolute atomic E-state index is 13.0. The van der Waals surface area contributed by atoms with Crippen LogP contribution in [0.3, 0.4) is 0 Å². The van der Waals surface area contributed by atoms with Gasteiger partial charge < -0.3 is 0 Å². The molecule has 1 N–H and O–H groups in total. The third-order valence-electron chi connectivity index (χ3n) is 5.49. The Kier molecular flexibility index (Phi) is 5.30. The minimum atomic E-state index is -0.300. The van der Waals surface area contributed by atoms with E-state index in [-0.39, 0.29) is 11.5 Å². The van der Waals surface area contributed by atoms with Crippen molar-refractivity contribution in [1.82, 2.24) is 19.7 Å². The van der Waals surface area contributed by atoms with E-state index in [1.54, 1.807) is 22.8 Å². The minimum absolute atomic E-state index is 0.0227. The van der Waals surface area contributed by atoms with E-state index in [0.29, 0.717) is 28.1 Å². The highest BCUT2D eigenvalue weighted by Crippen LogP contribution is 2.26. The van der Waals surface area contributed by atoms with Gasteiger partial charge in [0.1, 0.15) is 10.8 Å². The molecule has 1 amide bonds. The number of anilines is 1. The molecule has 0 atom stereocenters. The fourth-order valence-corrected chi connectivity index (χ4v) is 4.62. The van der Waals surface area contributed by atoms with E-state index in [0.717, 1.165) is 48.5 Å². The molecule has 3 heterocycles. The summed E-state index contributed by atoms with van der Waals surface area (Å²) in [5, 5.41) is 12.7. The van der Waals surface area contributed by atoms with Crippen LogP contribution in [0.15, 0.2) is 53.3 Å². The lowest BCUT2D eigenvalue weighted by Crippen LogP contribution is -2.26. The summed E-state index contributed by atoms with van der Waals surface area (Å²) in [5.41, 5.74) is 1.93. The average molecular weight is 432 g/mol. The Morgan fingerprint density at radius 1 is 1.00 bits per heavy atom. The number of hydrogen-bond donors (Lipinski definition) is 1. The third kappa shape index (κ3) is 3.98. The molecule has 31 heavy (non-hydrogen) atoms. The summed E-state index contributed by atoms with van der Waals surface area (Å²) >= 11 is 1.31. The summed E-state index contributed by atoms with van der Waals surface area (Å²) in [6.07, 6.45) is 5.10. The van der Waals surface area contributed by atoms with Gasteiger partial charge in [0.05, 0.1) is 10.9 Å². The van der Waals surface area contributed by atoms with Gasteiger partial charge in [0.25, 0.3) is 11.5 Å². The van der Waals surface area contributed by atoms with Gasteiger partial charge in [0.2, 0.25) is 5.13 Å². The Morgan fingerprint density at radius 3 is 2.71 bits per heavy atom. The van der Waals surface area contributed by atoms with Gasteiger partial charge in [-0.1, -0.05) is 54.5 Å². The van der Waals surface area contributed by atoms with Gasteiger partial charge in [-0.2, -0.15) is 0 Å². The highest BCUT2D eigenvalue weighted by Gasteiger charge is 2.16. The number of aryl methyl sites for hydroxylation is 1. The first kappa shape index (κ1) is 19.6. The molecule has 0 radical (unpaired) electrons. The van der Waals surface area contributed by atoms with Gasteiger partial charge in [-0.25, -0.2) is 4.98 Å². The molecule has 5 rings (SSSR count). The average Bonchev–Trinajstić information content (AvgIpc) is 3.24. The van der Waals surface area contributed by atoms with Gasteiger partial charge in [-0.05, 0) is 31.0 Å². The first-order valence-corrected chi connectivity index (χ1v) is 11.2. The molecule has 0 aliphatic carbocycles. The van der Waals surface area contributed by atoms with Gasteiger partial charge in [0, 0.05) is 24.1 Å². The van der Waals surface area contributed by atoms with Crippen LogP contribution in [0.4, 0.5) is 5.13 Å². The summed E-state index contributed by atoms with van der Waals surface area (Å²) in [4.78, 5) is 30.5. The third-order valence-corrected chi connectivity index (χ3v) is 6.38. The number of hydrogen-bond acceptors (Lipinski definition) is 6. The van der Waals surface area contributed by atoms with Gasteiger partial charge in [-0.15, -0.1) is 10.2 Å². The largest absolute Gasteiger partial charge is 0.296 e. The zero-order chi connectivity index (χ0) is 21.2. The molecule has 8 heteroatoms. The lowest BCUT2D eigenvalue weighted by molar-refractivity contribution is 0.102. The monoisotopic (exact) mass is 431 g/mol. The van der Waals surface area contributed by atoms with Crippen molar-refractivity contribution in [3.63, 3.8) is 0 Å². The van der Waals surface area contributed by atoms with Crippen LogP contribution in [-0.4, -0.2) is 25.7 Å². The van der Waals surface area contributed by atoms with E-state index in [1.807, 2.05) is 30.3 Å². The normalized spacial score (nSPS) is 13.9. The summed E-state index contributed by atoms with van der Waals surface area (Å²) in [5.74, 6) is 0.512. The number of fused-ring (bicyclic) bond motifs is 2. The molecule has 2 aromatic carbocycles. The number of benzene rings is 2. The van der Waals surface area contributed by atoms with Crippen LogP contribution in [0.1, 0.15) is 41.9 Å².